The zero-order chi connectivity index (χ0) is 18.8. The maximum atomic E-state index is 12.6. The van der Waals surface area contributed by atoms with Gasteiger partial charge in [0.25, 0.3) is 11.8 Å². The molecular weight excluding hydrogens is 346 g/mol. The van der Waals surface area contributed by atoms with Crippen LogP contribution in [0.25, 0.3) is 0 Å². The van der Waals surface area contributed by atoms with Gasteiger partial charge in [0.1, 0.15) is 0 Å². The summed E-state index contributed by atoms with van der Waals surface area (Å²) >= 11 is 0. The first-order valence-electron chi connectivity index (χ1n) is 8.89. The van der Waals surface area contributed by atoms with E-state index in [9.17, 15) is 9.59 Å². The van der Waals surface area contributed by atoms with E-state index in [-0.39, 0.29) is 18.6 Å². The van der Waals surface area contributed by atoms with E-state index in [0.29, 0.717) is 28.3 Å². The number of rotatable bonds is 3. The molecule has 0 atom stereocenters. The fraction of sp³-hybridized carbons (Fsp3) is 0.300. The monoisotopic (exact) mass is 367 g/mol. The Balaban J connectivity index is 1.40. The Kier molecular flexibility index (Phi) is 4.68. The second-order valence-corrected chi connectivity index (χ2v) is 6.69. The molecule has 0 unspecified atom stereocenters. The number of piperazine rings is 1. The van der Waals surface area contributed by atoms with Crippen molar-refractivity contribution in [1.29, 1.82) is 0 Å². The van der Waals surface area contributed by atoms with Gasteiger partial charge < -0.3 is 24.6 Å². The van der Waals surface area contributed by atoms with Gasteiger partial charge in [0.2, 0.25) is 6.79 Å². The Morgan fingerprint density at radius 1 is 0.889 bits per heavy atom. The van der Waals surface area contributed by atoms with Crippen molar-refractivity contribution in [2.45, 2.75) is 0 Å². The molecule has 2 aromatic rings. The van der Waals surface area contributed by atoms with Crippen molar-refractivity contribution in [3.8, 4) is 11.5 Å². The number of ether oxygens (including phenoxy) is 2. The number of fused-ring (bicyclic) bond motifs is 1. The Hall–Kier alpha value is -3.06. The van der Waals surface area contributed by atoms with Crippen molar-refractivity contribution < 1.29 is 19.1 Å². The fourth-order valence-electron chi connectivity index (χ4n) is 3.13. The van der Waals surface area contributed by atoms with Gasteiger partial charge in [0, 0.05) is 43.0 Å². The number of anilines is 1. The Morgan fingerprint density at radius 2 is 1.56 bits per heavy atom. The quantitative estimate of drug-likeness (QED) is 0.899. The Morgan fingerprint density at radius 3 is 2.30 bits per heavy atom. The van der Waals surface area contributed by atoms with Crippen molar-refractivity contribution in [3.05, 3.63) is 53.6 Å². The molecule has 0 bridgehead atoms. The summed E-state index contributed by atoms with van der Waals surface area (Å²) in [6.45, 7) is 3.41. The molecule has 1 fully saturated rings. The molecule has 1 saturated heterocycles. The third-order valence-corrected chi connectivity index (χ3v) is 4.81. The van der Waals surface area contributed by atoms with Gasteiger partial charge >= 0.3 is 0 Å². The standard InChI is InChI=1S/C20H21N3O4/c1-22-8-10-23(11-9-22)20(25)14-2-5-16(6-3-14)21-19(24)15-4-7-17-18(12-15)27-13-26-17/h2-7,12H,8-11,13H2,1H3,(H,21,24). The Labute approximate surface area is 157 Å². The van der Waals surface area contributed by atoms with Crippen LogP contribution in [0.15, 0.2) is 42.5 Å². The third kappa shape index (κ3) is 3.73. The van der Waals surface area contributed by atoms with E-state index in [1.807, 2.05) is 4.90 Å². The minimum absolute atomic E-state index is 0.0248. The summed E-state index contributed by atoms with van der Waals surface area (Å²) in [5.74, 6) is 0.984. The lowest BCUT2D eigenvalue weighted by atomic mass is 10.1. The molecule has 0 aliphatic carbocycles. The average Bonchev–Trinajstić information content (AvgIpc) is 3.16. The number of hydrogen-bond acceptors (Lipinski definition) is 5. The predicted octanol–water partition coefficient (Wildman–Crippen LogP) is 2.06. The molecule has 2 aliphatic heterocycles. The smallest absolute Gasteiger partial charge is 0.255 e. The molecule has 1 N–H and O–H groups in total. The van der Waals surface area contributed by atoms with Gasteiger partial charge in [0.15, 0.2) is 11.5 Å². The van der Waals surface area contributed by atoms with Crippen molar-refractivity contribution in [3.63, 3.8) is 0 Å². The number of carbonyl (C=O) groups is 2. The van der Waals surface area contributed by atoms with Gasteiger partial charge in [-0.2, -0.15) is 0 Å². The van der Waals surface area contributed by atoms with E-state index in [2.05, 4.69) is 17.3 Å². The molecule has 0 saturated carbocycles. The van der Waals surface area contributed by atoms with E-state index < -0.39 is 0 Å². The van der Waals surface area contributed by atoms with Crippen LogP contribution in [0.1, 0.15) is 20.7 Å². The van der Waals surface area contributed by atoms with Crippen molar-refractivity contribution in [2.75, 3.05) is 45.3 Å². The van der Waals surface area contributed by atoms with Crippen LogP contribution in [0.5, 0.6) is 11.5 Å². The van der Waals surface area contributed by atoms with E-state index in [1.165, 1.54) is 0 Å². The lowest BCUT2D eigenvalue weighted by Gasteiger charge is -2.32. The van der Waals surface area contributed by atoms with Crippen LogP contribution in [-0.2, 0) is 0 Å². The first-order valence-corrected chi connectivity index (χ1v) is 8.89. The number of nitrogens with zero attached hydrogens (tertiary/aromatic N) is 2. The largest absolute Gasteiger partial charge is 0.454 e. The minimum Gasteiger partial charge on any atom is -0.454 e. The number of amides is 2. The van der Waals surface area contributed by atoms with E-state index in [0.717, 1.165) is 26.2 Å². The normalized spacial score (nSPS) is 16.3. The highest BCUT2D eigenvalue weighted by Crippen LogP contribution is 2.32. The van der Waals surface area contributed by atoms with Crippen molar-refractivity contribution in [2.24, 2.45) is 0 Å². The second-order valence-electron chi connectivity index (χ2n) is 6.69. The highest BCUT2D eigenvalue weighted by Gasteiger charge is 2.20. The van der Waals surface area contributed by atoms with E-state index in [1.54, 1.807) is 42.5 Å². The van der Waals surface area contributed by atoms with Gasteiger partial charge in [-0.3, -0.25) is 9.59 Å². The SMILES string of the molecule is CN1CCN(C(=O)c2ccc(NC(=O)c3ccc4c(c3)OCO4)cc2)CC1. The highest BCUT2D eigenvalue weighted by atomic mass is 16.7. The summed E-state index contributed by atoms with van der Waals surface area (Å²) in [7, 11) is 2.05. The molecule has 2 aliphatic rings. The van der Waals surface area contributed by atoms with E-state index in [4.69, 9.17) is 9.47 Å². The lowest BCUT2D eigenvalue weighted by molar-refractivity contribution is 0.0664. The van der Waals surface area contributed by atoms with Gasteiger partial charge in [-0.25, -0.2) is 0 Å². The molecule has 0 spiro atoms. The minimum atomic E-state index is -0.244. The van der Waals surface area contributed by atoms with Crippen LogP contribution in [0.3, 0.4) is 0 Å². The second kappa shape index (κ2) is 7.28. The van der Waals surface area contributed by atoms with Gasteiger partial charge in [0.05, 0.1) is 0 Å². The first kappa shape index (κ1) is 17.4. The van der Waals surface area contributed by atoms with Gasteiger partial charge in [-0.1, -0.05) is 0 Å². The van der Waals surface area contributed by atoms with Gasteiger partial charge in [-0.05, 0) is 49.5 Å². The first-order chi connectivity index (χ1) is 13.1. The zero-order valence-corrected chi connectivity index (χ0v) is 15.1. The summed E-state index contributed by atoms with van der Waals surface area (Å²) in [6.07, 6.45) is 0. The lowest BCUT2D eigenvalue weighted by Crippen LogP contribution is -2.47. The number of carbonyl (C=O) groups excluding carboxylic acids is 2. The summed E-state index contributed by atoms with van der Waals surface area (Å²) in [6, 6.07) is 12.0. The summed E-state index contributed by atoms with van der Waals surface area (Å²) in [5.41, 5.74) is 1.74. The molecule has 0 radical (unpaired) electrons. The molecule has 4 rings (SSSR count). The molecular formula is C20H21N3O4. The van der Waals surface area contributed by atoms with Crippen molar-refractivity contribution in [1.82, 2.24) is 9.80 Å². The average molecular weight is 367 g/mol. The molecule has 7 nitrogen and oxygen atoms in total. The Bertz CT molecular complexity index is 858. The maximum Gasteiger partial charge on any atom is 0.255 e. The predicted molar refractivity (Wildman–Crippen MR) is 100 cm³/mol. The number of nitrogens with one attached hydrogen (secondary N) is 1. The van der Waals surface area contributed by atoms with Crippen LogP contribution in [0.4, 0.5) is 5.69 Å². The van der Waals surface area contributed by atoms with Crippen LogP contribution in [0, 0.1) is 0 Å². The van der Waals surface area contributed by atoms with E-state index >= 15 is 0 Å². The maximum absolute atomic E-state index is 12.6. The number of hydrogen-bond donors (Lipinski definition) is 1. The third-order valence-electron chi connectivity index (χ3n) is 4.81. The van der Waals surface area contributed by atoms with Crippen LogP contribution in [0.2, 0.25) is 0 Å². The molecule has 2 amide bonds. The number of benzene rings is 2. The molecule has 2 aromatic carbocycles. The molecule has 7 heteroatoms. The molecule has 2 heterocycles. The summed E-state index contributed by atoms with van der Waals surface area (Å²) in [4.78, 5) is 29.1. The molecule has 140 valence electrons. The molecule has 0 aromatic heterocycles. The van der Waals surface area contributed by atoms with Crippen molar-refractivity contribution >= 4 is 17.5 Å². The highest BCUT2D eigenvalue weighted by molar-refractivity contribution is 6.05. The van der Waals surface area contributed by atoms with Crippen LogP contribution in [-0.4, -0.2) is 61.6 Å². The van der Waals surface area contributed by atoms with Crippen LogP contribution < -0.4 is 14.8 Å². The van der Waals surface area contributed by atoms with Crippen LogP contribution >= 0.6 is 0 Å². The number of likely N-dealkylation sites (N-methyl/N-ethyl adjacent to an activating group) is 1. The molecule has 27 heavy (non-hydrogen) atoms. The summed E-state index contributed by atoms with van der Waals surface area (Å²) in [5, 5.41) is 2.83. The topological polar surface area (TPSA) is 71.1 Å². The zero-order valence-electron chi connectivity index (χ0n) is 15.1. The fourth-order valence-corrected chi connectivity index (χ4v) is 3.13. The summed E-state index contributed by atoms with van der Waals surface area (Å²) < 4.78 is 10.5. The van der Waals surface area contributed by atoms with Gasteiger partial charge in [-0.15, -0.1) is 0 Å².